The van der Waals surface area contributed by atoms with Crippen LogP contribution in [0.2, 0.25) is 0 Å². The van der Waals surface area contributed by atoms with Gasteiger partial charge in [-0.1, -0.05) is 0 Å². The minimum absolute atomic E-state index is 0.928. The van der Waals surface area contributed by atoms with E-state index in [1.165, 1.54) is 0 Å². The molecule has 0 aliphatic carbocycles. The van der Waals surface area contributed by atoms with Crippen molar-refractivity contribution < 1.29 is 4.98 Å². The Balaban J connectivity index is 3.04. The van der Waals surface area contributed by atoms with Gasteiger partial charge in [0.2, 0.25) is 5.82 Å². The van der Waals surface area contributed by atoms with Crippen molar-refractivity contribution in [3.05, 3.63) is 11.6 Å². The molecule has 1 aromatic rings. The summed E-state index contributed by atoms with van der Waals surface area (Å²) >= 11 is 0. The van der Waals surface area contributed by atoms with Gasteiger partial charge in [-0.05, 0) is 0 Å². The Morgan fingerprint density at radius 1 is 1.57 bits per heavy atom. The lowest BCUT2D eigenvalue weighted by Gasteiger charge is -1.62. The number of aryl methyl sites for hydroxylation is 2. The Labute approximate surface area is 41.8 Å². The molecule has 0 saturated carbocycles. The maximum Gasteiger partial charge on any atom is 0.271 e. The van der Waals surface area contributed by atoms with Crippen LogP contribution in [0.15, 0.2) is 0 Å². The molecule has 0 unspecified atom stereocenters. The van der Waals surface area contributed by atoms with Gasteiger partial charge in [-0.3, -0.25) is 0 Å². The van der Waals surface area contributed by atoms with Gasteiger partial charge in [0.15, 0.2) is 0 Å². The summed E-state index contributed by atoms with van der Waals surface area (Å²) in [5, 5.41) is 6.60. The molecule has 1 aromatic heterocycles. The first-order chi connectivity index (χ1) is 3.29. The number of aromatic amines is 2. The predicted octanol–water partition coefficient (Wildman–Crippen LogP) is -0.159. The smallest absolute Gasteiger partial charge is 0.246 e. The van der Waals surface area contributed by atoms with Crippen molar-refractivity contribution in [3.8, 4) is 0 Å². The van der Waals surface area contributed by atoms with Crippen molar-refractivity contribution in [2.75, 3.05) is 0 Å². The average molecular weight is 98.1 g/mol. The molecule has 3 heteroatoms. The van der Waals surface area contributed by atoms with Crippen LogP contribution in [0.5, 0.6) is 0 Å². The molecule has 3 nitrogen and oxygen atoms in total. The maximum absolute atomic E-state index is 3.84. The van der Waals surface area contributed by atoms with Crippen molar-refractivity contribution in [1.29, 1.82) is 0 Å². The van der Waals surface area contributed by atoms with Gasteiger partial charge >= 0.3 is 0 Å². The molecule has 0 bridgehead atoms. The second-order valence-corrected chi connectivity index (χ2v) is 1.56. The van der Waals surface area contributed by atoms with E-state index < -0.39 is 0 Å². The molecule has 2 N–H and O–H groups in total. The molecule has 7 heavy (non-hydrogen) atoms. The van der Waals surface area contributed by atoms with E-state index in [1.54, 1.807) is 0 Å². The van der Waals surface area contributed by atoms with E-state index >= 15 is 0 Å². The molecular weight excluding hydrogens is 90.1 g/mol. The zero-order valence-corrected chi connectivity index (χ0v) is 4.45. The van der Waals surface area contributed by atoms with Crippen molar-refractivity contribution in [2.45, 2.75) is 13.8 Å². The number of nitrogens with zero attached hydrogens (tertiary/aromatic N) is 1. The van der Waals surface area contributed by atoms with Crippen LogP contribution in [-0.4, -0.2) is 10.2 Å². The van der Waals surface area contributed by atoms with E-state index in [9.17, 15) is 0 Å². The number of nitrogens with one attached hydrogen (secondary N) is 2. The van der Waals surface area contributed by atoms with Crippen molar-refractivity contribution >= 4 is 0 Å². The van der Waals surface area contributed by atoms with Crippen LogP contribution in [0.3, 0.4) is 0 Å². The first-order valence-electron chi connectivity index (χ1n) is 2.20. The minimum atomic E-state index is 0.928. The zero-order valence-electron chi connectivity index (χ0n) is 4.45. The van der Waals surface area contributed by atoms with Crippen LogP contribution in [-0.2, 0) is 0 Å². The summed E-state index contributed by atoms with van der Waals surface area (Å²) in [5.74, 6) is 1.93. The topological polar surface area (TPSA) is 42.8 Å². The lowest BCUT2D eigenvalue weighted by atomic mass is 10.7. The third-order valence-electron chi connectivity index (χ3n) is 0.760. The van der Waals surface area contributed by atoms with Gasteiger partial charge in [-0.15, -0.1) is 5.10 Å². The molecule has 1 heterocycles. The molecule has 1 rings (SSSR count). The Morgan fingerprint density at radius 3 is 2.43 bits per heavy atom. The number of rotatable bonds is 0. The molecule has 38 valence electrons. The highest BCUT2D eigenvalue weighted by Crippen LogP contribution is 1.74. The summed E-state index contributed by atoms with van der Waals surface area (Å²) < 4.78 is 0. The van der Waals surface area contributed by atoms with E-state index in [4.69, 9.17) is 0 Å². The fourth-order valence-electron chi connectivity index (χ4n) is 0.495. The molecule has 0 aliphatic heterocycles. The fourth-order valence-corrected chi connectivity index (χ4v) is 0.495. The lowest BCUT2D eigenvalue weighted by molar-refractivity contribution is -0.396. The van der Waals surface area contributed by atoms with Crippen LogP contribution in [0, 0.1) is 13.8 Å². The molecular formula is C4H8N3+. The average Bonchev–Trinajstić information content (AvgIpc) is 1.87. The molecule has 0 saturated heterocycles. The van der Waals surface area contributed by atoms with Gasteiger partial charge in [0, 0.05) is 18.9 Å². The summed E-state index contributed by atoms with van der Waals surface area (Å²) in [6.07, 6.45) is 0. The van der Waals surface area contributed by atoms with Gasteiger partial charge < -0.3 is 0 Å². The molecule has 0 radical (unpaired) electrons. The Bertz CT molecular complexity index is 139. The van der Waals surface area contributed by atoms with Crippen LogP contribution in [0.1, 0.15) is 11.6 Å². The largest absolute Gasteiger partial charge is 0.271 e. The van der Waals surface area contributed by atoms with Crippen molar-refractivity contribution in [1.82, 2.24) is 10.2 Å². The second kappa shape index (κ2) is 1.33. The summed E-state index contributed by atoms with van der Waals surface area (Å²) in [4.78, 5) is 2.97. The minimum Gasteiger partial charge on any atom is -0.246 e. The third-order valence-corrected chi connectivity index (χ3v) is 0.760. The number of aromatic nitrogens is 3. The van der Waals surface area contributed by atoms with Gasteiger partial charge in [-0.25, -0.2) is 4.98 Å². The summed E-state index contributed by atoms with van der Waals surface area (Å²) in [5.41, 5.74) is 0. The lowest BCUT2D eigenvalue weighted by Crippen LogP contribution is -2.04. The van der Waals surface area contributed by atoms with E-state index in [1.807, 2.05) is 13.8 Å². The SMILES string of the molecule is Cc1n[nH]c(C)[nH+]1. The van der Waals surface area contributed by atoms with Gasteiger partial charge in [0.05, 0.1) is 0 Å². The van der Waals surface area contributed by atoms with Crippen LogP contribution in [0.4, 0.5) is 0 Å². The standard InChI is InChI=1S/C4H7N3/c1-3-5-4(2)7-6-3/h1-2H3,(H,5,6,7)/p+1. The van der Waals surface area contributed by atoms with Crippen molar-refractivity contribution in [2.24, 2.45) is 0 Å². The van der Waals surface area contributed by atoms with Crippen LogP contribution >= 0.6 is 0 Å². The quantitative estimate of drug-likeness (QED) is 0.481. The van der Waals surface area contributed by atoms with Gasteiger partial charge in [0.1, 0.15) is 0 Å². The summed E-state index contributed by atoms with van der Waals surface area (Å²) in [6, 6.07) is 0. The van der Waals surface area contributed by atoms with Crippen LogP contribution < -0.4 is 4.98 Å². The maximum atomic E-state index is 3.84. The third kappa shape index (κ3) is 0.765. The highest BCUT2D eigenvalue weighted by Gasteiger charge is 1.95. The van der Waals surface area contributed by atoms with Crippen molar-refractivity contribution in [3.63, 3.8) is 0 Å². The molecule has 0 aliphatic rings. The molecule has 0 fully saturated rings. The van der Waals surface area contributed by atoms with E-state index in [0.29, 0.717) is 0 Å². The van der Waals surface area contributed by atoms with E-state index in [0.717, 1.165) is 11.6 Å². The van der Waals surface area contributed by atoms with E-state index in [-0.39, 0.29) is 0 Å². The Kier molecular flexibility index (Phi) is 0.817. The molecule has 0 amide bonds. The van der Waals surface area contributed by atoms with Gasteiger partial charge in [0.25, 0.3) is 5.82 Å². The summed E-state index contributed by atoms with van der Waals surface area (Å²) in [6.45, 7) is 3.84. The van der Waals surface area contributed by atoms with Gasteiger partial charge in [-0.2, -0.15) is 0 Å². The predicted molar refractivity (Wildman–Crippen MR) is 24.6 cm³/mol. The highest BCUT2D eigenvalue weighted by molar-refractivity contribution is 4.66. The number of hydrogen-bond acceptors (Lipinski definition) is 1. The number of H-pyrrole nitrogens is 2. The molecule has 0 aromatic carbocycles. The molecule has 0 spiro atoms. The van der Waals surface area contributed by atoms with Crippen LogP contribution in [0.25, 0.3) is 0 Å². The Morgan fingerprint density at radius 2 is 2.29 bits per heavy atom. The monoisotopic (exact) mass is 98.1 g/mol. The zero-order chi connectivity index (χ0) is 5.28. The normalized spacial score (nSPS) is 9.43. The second-order valence-electron chi connectivity index (χ2n) is 1.56. The highest BCUT2D eigenvalue weighted by atomic mass is 15.2. The fraction of sp³-hybridized carbons (Fsp3) is 0.500. The van der Waals surface area contributed by atoms with E-state index in [2.05, 4.69) is 15.2 Å². The first-order valence-corrected chi connectivity index (χ1v) is 2.20. The number of hydrogen-bond donors (Lipinski definition) is 1. The Hall–Kier alpha value is -0.860. The molecule has 0 atom stereocenters. The first kappa shape index (κ1) is 4.30. The summed E-state index contributed by atoms with van der Waals surface area (Å²) in [7, 11) is 0.